The molecule has 0 bridgehead atoms. The van der Waals surface area contributed by atoms with E-state index in [1.165, 1.54) is 11.8 Å². The molecule has 0 aliphatic heterocycles. The van der Waals surface area contributed by atoms with Crippen LogP contribution in [0, 0.1) is 0 Å². The first-order chi connectivity index (χ1) is 13.2. The minimum absolute atomic E-state index is 0.376. The number of anilines is 1. The summed E-state index contributed by atoms with van der Waals surface area (Å²) in [4.78, 5) is 17.8. The van der Waals surface area contributed by atoms with Gasteiger partial charge in [-0.2, -0.15) is 0 Å². The highest BCUT2D eigenvalue weighted by atomic mass is 32.2. The lowest BCUT2D eigenvalue weighted by Crippen LogP contribution is -2.00. The van der Waals surface area contributed by atoms with Crippen LogP contribution in [0.4, 0.5) is 5.95 Å². The molecule has 4 aromatic heterocycles. The second kappa shape index (κ2) is 7.40. The molecule has 7 nitrogen and oxygen atoms in total. The summed E-state index contributed by atoms with van der Waals surface area (Å²) >= 11 is 1.50. The number of pyridine rings is 1. The van der Waals surface area contributed by atoms with E-state index in [1.807, 2.05) is 28.9 Å². The second-order valence-corrected chi connectivity index (χ2v) is 6.81. The minimum Gasteiger partial charge on any atom is -0.493 e. The van der Waals surface area contributed by atoms with Gasteiger partial charge in [0.25, 0.3) is 0 Å². The fraction of sp³-hybridized carbons (Fsp3) is 0.263. The molecule has 0 aliphatic carbocycles. The summed E-state index contributed by atoms with van der Waals surface area (Å²) in [5.74, 6) is 1.15. The zero-order valence-electron chi connectivity index (χ0n) is 15.2. The molecule has 0 unspecified atom stereocenters. The predicted octanol–water partition coefficient (Wildman–Crippen LogP) is 3.82. The number of nitrogens with zero attached hydrogens (tertiary/aromatic N) is 5. The van der Waals surface area contributed by atoms with Crippen molar-refractivity contribution >= 4 is 34.3 Å². The Morgan fingerprint density at radius 2 is 1.93 bits per heavy atom. The van der Waals surface area contributed by atoms with Crippen LogP contribution < -0.4 is 10.5 Å². The molecule has 4 heterocycles. The van der Waals surface area contributed by atoms with Gasteiger partial charge in [0.15, 0.2) is 10.8 Å². The normalized spacial score (nSPS) is 11.3. The molecule has 0 radical (unpaired) electrons. The SMILES string of the molecule is CCCCOc1ccnc2c1c(-c1ccnc(SC)n1)c1ccnc(N)n12. The molecule has 4 aromatic rings. The van der Waals surface area contributed by atoms with Crippen LogP contribution in [0.5, 0.6) is 5.75 Å². The number of ether oxygens (including phenoxy) is 1. The zero-order chi connectivity index (χ0) is 18.8. The van der Waals surface area contributed by atoms with E-state index in [9.17, 15) is 0 Å². The summed E-state index contributed by atoms with van der Waals surface area (Å²) in [6, 6.07) is 5.71. The Morgan fingerprint density at radius 1 is 1.11 bits per heavy atom. The van der Waals surface area contributed by atoms with E-state index in [0.717, 1.165) is 40.8 Å². The Labute approximate surface area is 161 Å². The molecule has 0 aliphatic rings. The summed E-state index contributed by atoms with van der Waals surface area (Å²) in [6.07, 6.45) is 9.21. The van der Waals surface area contributed by atoms with Crippen LogP contribution >= 0.6 is 11.8 Å². The molecule has 4 rings (SSSR count). The fourth-order valence-electron chi connectivity index (χ4n) is 3.11. The molecule has 27 heavy (non-hydrogen) atoms. The first kappa shape index (κ1) is 17.5. The van der Waals surface area contributed by atoms with Crippen LogP contribution in [-0.2, 0) is 0 Å². The van der Waals surface area contributed by atoms with Crippen LogP contribution in [0.3, 0.4) is 0 Å². The lowest BCUT2D eigenvalue weighted by molar-refractivity contribution is 0.313. The van der Waals surface area contributed by atoms with Gasteiger partial charge in [0, 0.05) is 24.2 Å². The molecule has 8 heteroatoms. The maximum absolute atomic E-state index is 6.18. The summed E-state index contributed by atoms with van der Waals surface area (Å²) in [6.45, 7) is 2.79. The van der Waals surface area contributed by atoms with Crippen LogP contribution in [0.25, 0.3) is 27.8 Å². The molecular formula is C19H20N6OS. The van der Waals surface area contributed by atoms with Gasteiger partial charge in [0.1, 0.15) is 5.75 Å². The third kappa shape index (κ3) is 3.06. The average molecular weight is 380 g/mol. The summed E-state index contributed by atoms with van der Waals surface area (Å²) in [5, 5.41) is 1.60. The van der Waals surface area contributed by atoms with Crippen molar-refractivity contribution in [2.45, 2.75) is 24.9 Å². The number of unbranched alkanes of at least 4 members (excludes halogenated alkanes) is 1. The minimum atomic E-state index is 0.376. The third-order valence-electron chi connectivity index (χ3n) is 4.35. The van der Waals surface area contributed by atoms with E-state index < -0.39 is 0 Å². The van der Waals surface area contributed by atoms with E-state index >= 15 is 0 Å². The van der Waals surface area contributed by atoms with Gasteiger partial charge in [-0.25, -0.2) is 19.9 Å². The van der Waals surface area contributed by atoms with Crippen molar-refractivity contribution in [2.24, 2.45) is 0 Å². The maximum atomic E-state index is 6.18. The van der Waals surface area contributed by atoms with Gasteiger partial charge in [0.05, 0.1) is 23.2 Å². The summed E-state index contributed by atoms with van der Waals surface area (Å²) < 4.78 is 7.93. The second-order valence-electron chi connectivity index (χ2n) is 6.04. The summed E-state index contributed by atoms with van der Waals surface area (Å²) in [5.41, 5.74) is 9.51. The number of nitrogen functional groups attached to an aromatic ring is 1. The highest BCUT2D eigenvalue weighted by Gasteiger charge is 2.21. The van der Waals surface area contributed by atoms with Crippen molar-refractivity contribution in [2.75, 3.05) is 18.6 Å². The number of hydrogen-bond acceptors (Lipinski definition) is 7. The first-order valence-corrected chi connectivity index (χ1v) is 10.0. The van der Waals surface area contributed by atoms with Gasteiger partial charge in [0.2, 0.25) is 5.95 Å². The van der Waals surface area contributed by atoms with Crippen molar-refractivity contribution in [3.8, 4) is 17.0 Å². The molecule has 0 fully saturated rings. The van der Waals surface area contributed by atoms with Gasteiger partial charge >= 0.3 is 0 Å². The van der Waals surface area contributed by atoms with Crippen molar-refractivity contribution in [3.63, 3.8) is 0 Å². The number of fused-ring (bicyclic) bond motifs is 3. The largest absolute Gasteiger partial charge is 0.493 e. The highest BCUT2D eigenvalue weighted by Crippen LogP contribution is 2.39. The predicted molar refractivity (Wildman–Crippen MR) is 108 cm³/mol. The molecule has 0 aromatic carbocycles. The topological polar surface area (TPSA) is 91.2 Å². The van der Waals surface area contributed by atoms with Gasteiger partial charge < -0.3 is 10.5 Å². The van der Waals surface area contributed by atoms with E-state index in [-0.39, 0.29) is 0 Å². The smallest absolute Gasteiger partial charge is 0.206 e. The number of aromatic nitrogens is 5. The van der Waals surface area contributed by atoms with Gasteiger partial charge in [-0.05, 0) is 30.9 Å². The number of thioether (sulfide) groups is 1. The van der Waals surface area contributed by atoms with Crippen LogP contribution in [0.2, 0.25) is 0 Å². The average Bonchev–Trinajstić information content (AvgIpc) is 3.04. The van der Waals surface area contributed by atoms with Crippen molar-refractivity contribution in [1.29, 1.82) is 0 Å². The number of nitrogens with two attached hydrogens (primary N) is 1. The zero-order valence-corrected chi connectivity index (χ0v) is 16.0. The van der Waals surface area contributed by atoms with Crippen LogP contribution in [0.1, 0.15) is 19.8 Å². The Kier molecular flexibility index (Phi) is 4.81. The number of rotatable bonds is 6. The lowest BCUT2D eigenvalue weighted by Gasteiger charge is -2.08. The van der Waals surface area contributed by atoms with E-state index in [1.54, 1.807) is 18.6 Å². The Hall–Kier alpha value is -2.87. The van der Waals surface area contributed by atoms with Crippen molar-refractivity contribution in [1.82, 2.24) is 24.3 Å². The fourth-order valence-corrected chi connectivity index (χ4v) is 3.46. The van der Waals surface area contributed by atoms with Gasteiger partial charge in [-0.15, -0.1) is 0 Å². The maximum Gasteiger partial charge on any atom is 0.206 e. The Balaban J connectivity index is 2.05. The molecular weight excluding hydrogens is 360 g/mol. The van der Waals surface area contributed by atoms with Gasteiger partial charge in [-0.1, -0.05) is 25.1 Å². The van der Waals surface area contributed by atoms with E-state index in [0.29, 0.717) is 23.4 Å². The summed E-state index contributed by atoms with van der Waals surface area (Å²) in [7, 11) is 0. The Morgan fingerprint density at radius 3 is 2.74 bits per heavy atom. The van der Waals surface area contributed by atoms with Gasteiger partial charge in [-0.3, -0.25) is 4.40 Å². The third-order valence-corrected chi connectivity index (χ3v) is 4.91. The van der Waals surface area contributed by atoms with Crippen LogP contribution in [-0.4, -0.2) is 37.2 Å². The monoisotopic (exact) mass is 380 g/mol. The molecule has 0 saturated carbocycles. The standard InChI is InChI=1S/C19H20N6OS/c1-3-4-11-26-14-7-10-21-17-16(14)15(12-5-8-23-19(24-12)27-2)13-6-9-22-18(20)25(13)17/h5-10H,3-4,11H2,1-2H3,(H2,20,22). The van der Waals surface area contributed by atoms with Crippen LogP contribution in [0.15, 0.2) is 41.9 Å². The van der Waals surface area contributed by atoms with Crippen molar-refractivity contribution < 1.29 is 4.74 Å². The molecule has 138 valence electrons. The molecule has 0 saturated heterocycles. The molecule has 2 N–H and O–H groups in total. The van der Waals surface area contributed by atoms with E-state index in [4.69, 9.17) is 15.5 Å². The lowest BCUT2D eigenvalue weighted by atomic mass is 10.1. The molecule has 0 amide bonds. The molecule has 0 spiro atoms. The first-order valence-electron chi connectivity index (χ1n) is 8.78. The quantitative estimate of drug-likeness (QED) is 0.309. The Bertz CT molecular complexity index is 1110. The number of hydrogen-bond donors (Lipinski definition) is 1. The highest BCUT2D eigenvalue weighted by molar-refractivity contribution is 7.98. The molecule has 0 atom stereocenters. The van der Waals surface area contributed by atoms with E-state index in [2.05, 4.69) is 21.9 Å². The van der Waals surface area contributed by atoms with Crippen molar-refractivity contribution in [3.05, 3.63) is 36.8 Å².